The van der Waals surface area contributed by atoms with Gasteiger partial charge in [-0.05, 0) is 46.5 Å². The molecule has 1 atom stereocenters. The van der Waals surface area contributed by atoms with Gasteiger partial charge >= 0.3 is 0 Å². The van der Waals surface area contributed by atoms with Gasteiger partial charge in [-0.1, -0.05) is 30.3 Å². The van der Waals surface area contributed by atoms with Crippen molar-refractivity contribution in [2.45, 2.75) is 19.0 Å². The van der Waals surface area contributed by atoms with Crippen molar-refractivity contribution in [1.82, 2.24) is 9.88 Å². The molecule has 3 heterocycles. The molecular formula is C24H24N2O2S. The number of aromatic amines is 1. The third-order valence-electron chi connectivity index (χ3n) is 5.83. The van der Waals surface area contributed by atoms with Gasteiger partial charge in [0, 0.05) is 35.2 Å². The maximum Gasteiger partial charge on any atom is 0.165 e. The average Bonchev–Trinajstić information content (AvgIpc) is 3.40. The van der Waals surface area contributed by atoms with Gasteiger partial charge in [0.25, 0.3) is 0 Å². The number of rotatable bonds is 5. The molecule has 4 aromatic rings. The van der Waals surface area contributed by atoms with E-state index in [1.54, 1.807) is 25.6 Å². The lowest BCUT2D eigenvalue weighted by atomic mass is 9.91. The van der Waals surface area contributed by atoms with Gasteiger partial charge in [0.05, 0.1) is 20.3 Å². The van der Waals surface area contributed by atoms with E-state index in [4.69, 9.17) is 9.47 Å². The first-order chi connectivity index (χ1) is 14.3. The Kier molecular flexibility index (Phi) is 4.78. The maximum atomic E-state index is 5.83. The predicted octanol–water partition coefficient (Wildman–Crippen LogP) is 5.39. The SMILES string of the molecule is COc1cccc(C2c3[nH]c4ccccc4c3CCN2Cc2ccsc2)c1OC. The van der Waals surface area contributed by atoms with Crippen molar-refractivity contribution in [2.75, 3.05) is 20.8 Å². The van der Waals surface area contributed by atoms with Gasteiger partial charge in [0.2, 0.25) is 0 Å². The van der Waals surface area contributed by atoms with Crippen molar-refractivity contribution >= 4 is 22.2 Å². The summed E-state index contributed by atoms with van der Waals surface area (Å²) in [5, 5.41) is 5.71. The van der Waals surface area contributed by atoms with E-state index in [2.05, 4.69) is 63.1 Å². The Morgan fingerprint density at radius 3 is 2.76 bits per heavy atom. The summed E-state index contributed by atoms with van der Waals surface area (Å²) in [5.41, 5.74) is 6.36. The fourth-order valence-electron chi connectivity index (χ4n) is 4.56. The van der Waals surface area contributed by atoms with Gasteiger partial charge in [-0.3, -0.25) is 4.90 Å². The summed E-state index contributed by atoms with van der Waals surface area (Å²) in [5.74, 6) is 1.57. The summed E-state index contributed by atoms with van der Waals surface area (Å²) in [7, 11) is 3.42. The van der Waals surface area contributed by atoms with Crippen LogP contribution in [0.15, 0.2) is 59.3 Å². The highest BCUT2D eigenvalue weighted by molar-refractivity contribution is 7.07. The quantitative estimate of drug-likeness (QED) is 0.484. The van der Waals surface area contributed by atoms with E-state index in [1.165, 1.54) is 27.7 Å². The van der Waals surface area contributed by atoms with Gasteiger partial charge in [-0.25, -0.2) is 0 Å². The Morgan fingerprint density at radius 1 is 1.07 bits per heavy atom. The van der Waals surface area contributed by atoms with Crippen molar-refractivity contribution in [2.24, 2.45) is 0 Å². The number of fused-ring (bicyclic) bond motifs is 3. The van der Waals surface area contributed by atoms with E-state index in [-0.39, 0.29) is 6.04 Å². The Balaban J connectivity index is 1.69. The third kappa shape index (κ3) is 3.11. The number of nitrogens with one attached hydrogen (secondary N) is 1. The highest BCUT2D eigenvalue weighted by Gasteiger charge is 2.34. The van der Waals surface area contributed by atoms with Gasteiger partial charge < -0.3 is 14.5 Å². The normalized spacial score (nSPS) is 16.7. The standard InChI is InChI=1S/C24H24N2O2S/c1-27-21-9-5-7-19(24(21)28-2)23-22-18(17-6-3-4-8-20(17)25-22)10-12-26(23)14-16-11-13-29-15-16/h3-9,11,13,15,23,25H,10,12,14H2,1-2H3. The van der Waals surface area contributed by atoms with Crippen LogP contribution in [0.4, 0.5) is 0 Å². The molecule has 1 aliphatic rings. The molecule has 0 radical (unpaired) electrons. The first-order valence-electron chi connectivity index (χ1n) is 9.85. The number of hydrogen-bond donors (Lipinski definition) is 1. The molecule has 0 spiro atoms. The number of para-hydroxylation sites is 2. The van der Waals surface area contributed by atoms with Gasteiger partial charge in [0.15, 0.2) is 11.5 Å². The average molecular weight is 405 g/mol. The molecule has 5 rings (SSSR count). The number of ether oxygens (including phenoxy) is 2. The summed E-state index contributed by atoms with van der Waals surface area (Å²) in [6.45, 7) is 1.90. The first kappa shape index (κ1) is 18.3. The van der Waals surface area contributed by atoms with E-state index in [9.17, 15) is 0 Å². The summed E-state index contributed by atoms with van der Waals surface area (Å²) in [4.78, 5) is 6.27. The minimum Gasteiger partial charge on any atom is -0.493 e. The fraction of sp³-hybridized carbons (Fsp3) is 0.250. The Labute approximate surface area is 174 Å². The van der Waals surface area contributed by atoms with Gasteiger partial charge in [-0.15, -0.1) is 0 Å². The molecule has 29 heavy (non-hydrogen) atoms. The van der Waals surface area contributed by atoms with E-state index < -0.39 is 0 Å². The molecule has 1 aliphatic heterocycles. The van der Waals surface area contributed by atoms with E-state index in [1.807, 2.05) is 6.07 Å². The van der Waals surface area contributed by atoms with Crippen LogP contribution in [-0.2, 0) is 13.0 Å². The second kappa shape index (κ2) is 7.58. The molecule has 5 heteroatoms. The molecule has 2 aromatic carbocycles. The first-order valence-corrected chi connectivity index (χ1v) is 10.8. The number of hydrogen-bond acceptors (Lipinski definition) is 4. The zero-order chi connectivity index (χ0) is 19.8. The van der Waals surface area contributed by atoms with Crippen molar-refractivity contribution < 1.29 is 9.47 Å². The van der Waals surface area contributed by atoms with Crippen LogP contribution in [-0.4, -0.2) is 30.6 Å². The molecule has 4 nitrogen and oxygen atoms in total. The van der Waals surface area contributed by atoms with Gasteiger partial charge in [-0.2, -0.15) is 11.3 Å². The lowest BCUT2D eigenvalue weighted by molar-refractivity contribution is 0.197. The van der Waals surface area contributed by atoms with Crippen molar-refractivity contribution in [3.63, 3.8) is 0 Å². The predicted molar refractivity (Wildman–Crippen MR) is 118 cm³/mol. The molecule has 0 fully saturated rings. The Morgan fingerprint density at radius 2 is 1.97 bits per heavy atom. The molecule has 0 amide bonds. The highest BCUT2D eigenvalue weighted by atomic mass is 32.1. The van der Waals surface area contributed by atoms with Crippen LogP contribution in [0, 0.1) is 0 Å². The molecule has 2 aromatic heterocycles. The van der Waals surface area contributed by atoms with Crippen LogP contribution in [0.5, 0.6) is 11.5 Å². The second-order valence-corrected chi connectivity index (χ2v) is 8.18. The highest BCUT2D eigenvalue weighted by Crippen LogP contribution is 2.44. The number of H-pyrrole nitrogens is 1. The Bertz CT molecular complexity index is 1130. The lowest BCUT2D eigenvalue weighted by Crippen LogP contribution is -2.35. The van der Waals surface area contributed by atoms with E-state index >= 15 is 0 Å². The lowest BCUT2D eigenvalue weighted by Gasteiger charge is -2.36. The topological polar surface area (TPSA) is 37.5 Å². The third-order valence-corrected chi connectivity index (χ3v) is 6.56. The summed E-state index contributed by atoms with van der Waals surface area (Å²) < 4.78 is 11.4. The number of benzene rings is 2. The fourth-order valence-corrected chi connectivity index (χ4v) is 5.22. The number of thiophene rings is 1. The molecule has 1 unspecified atom stereocenters. The van der Waals surface area contributed by atoms with Crippen LogP contribution in [0.25, 0.3) is 10.9 Å². The minimum atomic E-state index is 0.0797. The number of methoxy groups -OCH3 is 2. The zero-order valence-electron chi connectivity index (χ0n) is 16.6. The van der Waals surface area contributed by atoms with Gasteiger partial charge in [0.1, 0.15) is 0 Å². The monoisotopic (exact) mass is 404 g/mol. The molecule has 0 aliphatic carbocycles. The maximum absolute atomic E-state index is 5.83. The molecule has 0 bridgehead atoms. The van der Waals surface area contributed by atoms with E-state index in [0.717, 1.165) is 36.6 Å². The second-order valence-electron chi connectivity index (χ2n) is 7.40. The number of nitrogens with zero attached hydrogens (tertiary/aromatic N) is 1. The van der Waals surface area contributed by atoms with Crippen LogP contribution < -0.4 is 9.47 Å². The van der Waals surface area contributed by atoms with Crippen LogP contribution in [0.2, 0.25) is 0 Å². The largest absolute Gasteiger partial charge is 0.493 e. The molecule has 1 N–H and O–H groups in total. The van der Waals surface area contributed by atoms with Crippen LogP contribution in [0.1, 0.15) is 28.4 Å². The number of aromatic nitrogens is 1. The van der Waals surface area contributed by atoms with Crippen molar-refractivity contribution in [3.8, 4) is 11.5 Å². The van der Waals surface area contributed by atoms with Crippen molar-refractivity contribution in [3.05, 3.63) is 81.7 Å². The Hall–Kier alpha value is -2.76. The molecule has 0 saturated heterocycles. The summed E-state index contributed by atoms with van der Waals surface area (Å²) >= 11 is 1.75. The minimum absolute atomic E-state index is 0.0797. The van der Waals surface area contributed by atoms with E-state index in [0.29, 0.717) is 0 Å². The van der Waals surface area contributed by atoms with Crippen molar-refractivity contribution in [1.29, 1.82) is 0 Å². The smallest absolute Gasteiger partial charge is 0.165 e. The molecular weight excluding hydrogens is 380 g/mol. The van der Waals surface area contributed by atoms with Crippen LogP contribution >= 0.6 is 11.3 Å². The summed E-state index contributed by atoms with van der Waals surface area (Å²) in [6, 6.07) is 17.1. The zero-order valence-corrected chi connectivity index (χ0v) is 17.5. The summed E-state index contributed by atoms with van der Waals surface area (Å²) in [6.07, 6.45) is 1.03. The molecule has 148 valence electrons. The molecule has 0 saturated carbocycles. The van der Waals surface area contributed by atoms with Crippen LogP contribution in [0.3, 0.4) is 0 Å².